The monoisotopic (exact) mass is 684 g/mol. The lowest BCUT2D eigenvalue weighted by Crippen LogP contribution is -2.51. The summed E-state index contributed by atoms with van der Waals surface area (Å²) in [5.74, 6) is -0.752. The molecule has 0 amide bonds. The number of quaternary nitrogens is 1. The van der Waals surface area contributed by atoms with Gasteiger partial charge >= 0.3 is 17.8 Å². The number of H-pyrrole nitrogens is 1. The van der Waals surface area contributed by atoms with Crippen LogP contribution in [0.5, 0.6) is 0 Å². The molecule has 1 saturated carbocycles. The molecule has 1 atom stereocenters. The number of nitrogens with one attached hydrogen (secondary N) is 1. The van der Waals surface area contributed by atoms with Gasteiger partial charge < -0.3 is 24.2 Å². The van der Waals surface area contributed by atoms with Crippen LogP contribution in [0.4, 0.5) is 24.8 Å². The number of hydrogen-bond acceptors (Lipinski definition) is 9. The number of aliphatic hydroxyl groups is 1. The molecule has 2 N–H and O–H groups in total. The highest BCUT2D eigenvalue weighted by molar-refractivity contribution is 5.93. The average molecular weight is 685 g/mol. The van der Waals surface area contributed by atoms with Crippen molar-refractivity contribution in [3.8, 4) is 6.07 Å². The van der Waals surface area contributed by atoms with E-state index < -0.39 is 35.9 Å². The summed E-state index contributed by atoms with van der Waals surface area (Å²) >= 11 is 0. The van der Waals surface area contributed by atoms with E-state index in [4.69, 9.17) is 14.6 Å². The highest BCUT2D eigenvalue weighted by Gasteiger charge is 2.41. The summed E-state index contributed by atoms with van der Waals surface area (Å²) in [6.07, 6.45) is -0.159. The zero-order chi connectivity index (χ0) is 36.1. The summed E-state index contributed by atoms with van der Waals surface area (Å²) in [6.45, 7) is 1.90. The fourth-order valence-corrected chi connectivity index (χ4v) is 6.85. The molecule has 49 heavy (non-hydrogen) atoms. The number of ether oxygens (including phenoxy) is 1. The summed E-state index contributed by atoms with van der Waals surface area (Å²) in [4.78, 5) is 36.4. The van der Waals surface area contributed by atoms with Crippen molar-refractivity contribution in [2.75, 3.05) is 32.6 Å². The number of carboxylic acid groups (broad SMARTS) is 1. The highest BCUT2D eigenvalue weighted by Crippen LogP contribution is 2.44. The van der Waals surface area contributed by atoms with Gasteiger partial charge in [0.15, 0.2) is 0 Å². The number of nitriles is 1. The van der Waals surface area contributed by atoms with Crippen molar-refractivity contribution in [1.82, 2.24) is 14.8 Å². The number of nitrogens with zero attached hydrogens (tertiary/aromatic N) is 5. The second-order valence-electron chi connectivity index (χ2n) is 12.7. The maximum atomic E-state index is 13.7. The van der Waals surface area contributed by atoms with Crippen molar-refractivity contribution in [3.63, 3.8) is 0 Å². The third-order valence-electron chi connectivity index (χ3n) is 9.38. The third-order valence-corrected chi connectivity index (χ3v) is 9.38. The van der Waals surface area contributed by atoms with E-state index in [2.05, 4.69) is 30.4 Å². The van der Waals surface area contributed by atoms with Crippen molar-refractivity contribution >= 4 is 24.1 Å². The van der Waals surface area contributed by atoms with Crippen LogP contribution in [0.25, 0.3) is 0 Å². The van der Waals surface area contributed by atoms with Gasteiger partial charge in [0.25, 0.3) is 0 Å². The number of methoxy groups -OCH3 is 1. The van der Waals surface area contributed by atoms with E-state index in [1.807, 2.05) is 0 Å². The molecular weight excluding hydrogens is 645 g/mol. The second kappa shape index (κ2) is 15.1. The van der Waals surface area contributed by atoms with Crippen LogP contribution in [0.1, 0.15) is 67.3 Å². The van der Waals surface area contributed by atoms with Gasteiger partial charge in [-0.05, 0) is 67.6 Å². The van der Waals surface area contributed by atoms with E-state index in [1.165, 1.54) is 28.7 Å². The molecule has 2 aliphatic rings. The van der Waals surface area contributed by atoms with Crippen LogP contribution in [-0.4, -0.2) is 76.7 Å². The number of benzene rings is 2. The lowest BCUT2D eigenvalue weighted by Gasteiger charge is -2.41. The van der Waals surface area contributed by atoms with Gasteiger partial charge in [-0.2, -0.15) is 18.4 Å². The number of aromatic amines is 1. The molecular formula is C34H39F3N6O6. The van der Waals surface area contributed by atoms with E-state index in [1.54, 1.807) is 25.1 Å². The van der Waals surface area contributed by atoms with Crippen LogP contribution < -0.4 is 15.7 Å². The molecule has 2 heterocycles. The van der Waals surface area contributed by atoms with Gasteiger partial charge in [0.1, 0.15) is 6.04 Å². The molecule has 0 spiro atoms. The van der Waals surface area contributed by atoms with Crippen LogP contribution in [0.3, 0.4) is 0 Å². The fourth-order valence-electron chi connectivity index (χ4n) is 6.85. The normalized spacial score (nSPS) is 19.3. The number of aryl methyl sites for hydroxylation is 1. The van der Waals surface area contributed by atoms with E-state index in [0.717, 1.165) is 60.8 Å². The number of halogens is 3. The van der Waals surface area contributed by atoms with Crippen molar-refractivity contribution in [1.29, 1.82) is 5.26 Å². The molecule has 262 valence electrons. The minimum Gasteiger partial charge on any atom is -0.554 e. The number of anilines is 2. The number of aromatic nitrogens is 3. The molecule has 1 unspecified atom stereocenters. The Morgan fingerprint density at radius 2 is 1.88 bits per heavy atom. The molecule has 5 rings (SSSR count). The number of esters is 1. The molecule has 15 heteroatoms. The third kappa shape index (κ3) is 7.87. The Hall–Kier alpha value is -4.94. The lowest BCUT2D eigenvalue weighted by molar-refractivity contribution is -0.916. The van der Waals surface area contributed by atoms with Crippen LogP contribution >= 0.6 is 0 Å². The Labute approximate surface area is 281 Å². The molecule has 2 aromatic carbocycles. The first-order valence-electron chi connectivity index (χ1n) is 15.7. The maximum absolute atomic E-state index is 13.7. The Kier molecular flexibility index (Phi) is 11.4. The number of hydrogen-bond donors (Lipinski definition) is 2. The lowest BCUT2D eigenvalue weighted by atomic mass is 9.88. The predicted octanol–water partition coefficient (Wildman–Crippen LogP) is 3.33. The summed E-state index contributed by atoms with van der Waals surface area (Å²) in [7, 11) is 5.56. The second-order valence-corrected chi connectivity index (χ2v) is 12.7. The minimum atomic E-state index is -4.62. The number of alkyl halides is 3. The van der Waals surface area contributed by atoms with E-state index in [0.29, 0.717) is 23.6 Å². The molecule has 1 aliphatic heterocycles. The molecule has 1 fully saturated rings. The predicted molar refractivity (Wildman–Crippen MR) is 170 cm³/mol. The van der Waals surface area contributed by atoms with Gasteiger partial charge in [-0.15, -0.1) is 5.10 Å². The van der Waals surface area contributed by atoms with Gasteiger partial charge in [0, 0.05) is 37.1 Å². The van der Waals surface area contributed by atoms with E-state index in [9.17, 15) is 33.1 Å². The van der Waals surface area contributed by atoms with Crippen molar-refractivity contribution in [2.24, 2.45) is 0 Å². The average Bonchev–Trinajstić information content (AvgIpc) is 3.44. The van der Waals surface area contributed by atoms with Crippen LogP contribution in [0.2, 0.25) is 0 Å². The van der Waals surface area contributed by atoms with Gasteiger partial charge in [-0.1, -0.05) is 12.1 Å². The number of aliphatic hydroxyl groups excluding tert-OH is 1. The molecule has 0 saturated heterocycles. The number of rotatable bonds is 8. The molecule has 1 aromatic heterocycles. The molecule has 0 radical (unpaired) electrons. The Balaban J connectivity index is 0.00000174. The molecule has 1 aliphatic carbocycles. The van der Waals surface area contributed by atoms with Crippen LogP contribution in [-0.2, 0) is 26.9 Å². The SMILES string of the molecule is COC(=O)C1=C(C)N(c2cccc(C(F)(F)F)c2)c2n[nH]c(=O)n2C1c1ccc(C#N)cc1CCC[N+](C)(C)C1CCC(O)CC1.O=C[O-]. The number of carbonyl (C=O) groups excluding carboxylic acids is 2. The summed E-state index contributed by atoms with van der Waals surface area (Å²) in [5, 5.41) is 34.5. The summed E-state index contributed by atoms with van der Waals surface area (Å²) in [5.41, 5.74) is 0.539. The van der Waals surface area contributed by atoms with Crippen molar-refractivity contribution in [2.45, 2.75) is 69.8 Å². The van der Waals surface area contributed by atoms with E-state index in [-0.39, 0.29) is 29.0 Å². The van der Waals surface area contributed by atoms with E-state index >= 15 is 0 Å². The first kappa shape index (κ1) is 36.9. The summed E-state index contributed by atoms with van der Waals surface area (Å²) in [6, 6.07) is 11.2. The van der Waals surface area contributed by atoms with Crippen molar-refractivity contribution < 1.29 is 42.2 Å². The Bertz CT molecular complexity index is 1800. The number of allylic oxidation sites excluding steroid dienone is 1. The first-order chi connectivity index (χ1) is 23.2. The highest BCUT2D eigenvalue weighted by atomic mass is 19.4. The smallest absolute Gasteiger partial charge is 0.416 e. The summed E-state index contributed by atoms with van der Waals surface area (Å²) < 4.78 is 48.2. The van der Waals surface area contributed by atoms with Crippen molar-refractivity contribution in [3.05, 3.63) is 86.5 Å². The topological polar surface area (TPSA) is 164 Å². The number of carbonyl (C=O) groups is 2. The van der Waals surface area contributed by atoms with Gasteiger partial charge in [-0.3, -0.25) is 4.90 Å². The quantitative estimate of drug-likeness (QED) is 0.206. The zero-order valence-electron chi connectivity index (χ0n) is 27.7. The largest absolute Gasteiger partial charge is 0.554 e. The molecule has 0 bridgehead atoms. The van der Waals surface area contributed by atoms with Crippen LogP contribution in [0, 0.1) is 11.3 Å². The molecule has 12 nitrogen and oxygen atoms in total. The fraction of sp³-hybridized carbons (Fsp3) is 0.441. The first-order valence-corrected chi connectivity index (χ1v) is 15.7. The van der Waals surface area contributed by atoms with Gasteiger partial charge in [0.2, 0.25) is 5.95 Å². The standard InChI is InChI=1S/C33H37F3N6O4.CH2O2/c1-20-28(30(44)46-4)29(41-31(38-39-32(41)45)40(20)24-9-5-8-23(18-24)33(34,35)36)27-15-10-21(19-37)17-22(27)7-6-16-42(2,3)25-11-13-26(43)14-12-25;2-1-3/h5,8-10,15,17-18,25-26,29,43H,6-7,11-14,16H2,1-4H3;1H,(H,2,3). The number of fused-ring (bicyclic) bond motifs is 1. The van der Waals surface area contributed by atoms with Gasteiger partial charge in [-0.25, -0.2) is 19.3 Å². The van der Waals surface area contributed by atoms with Crippen LogP contribution in [0.15, 0.2) is 58.5 Å². The molecule has 3 aromatic rings. The Morgan fingerprint density at radius 3 is 2.49 bits per heavy atom. The minimum absolute atomic E-state index is 0.00655. The van der Waals surface area contributed by atoms with Gasteiger partial charge in [0.05, 0.1) is 62.7 Å². The maximum Gasteiger partial charge on any atom is 0.416 e. The Morgan fingerprint density at radius 1 is 1.20 bits per heavy atom. The zero-order valence-corrected chi connectivity index (χ0v) is 27.7.